The second-order valence-corrected chi connectivity index (χ2v) is 12.7. The van der Waals surface area contributed by atoms with Gasteiger partial charge >= 0.3 is 0 Å². The van der Waals surface area contributed by atoms with Crippen molar-refractivity contribution in [2.24, 2.45) is 0 Å². The minimum Gasteiger partial charge on any atom is -0.492 e. The third-order valence-corrected chi connectivity index (χ3v) is 10.5. The first kappa shape index (κ1) is 23.6. The molecule has 0 radical (unpaired) electrons. The Hall–Kier alpha value is -2.09. The SMILES string of the molecule is CN1C(=O)C2(CCN(CCOc3ccc(C4(S(C)(=O)=O)CCC4)cc3)CC2)c2cc(Cl)ccc21. The first-order chi connectivity index (χ1) is 16.2. The molecule has 6 nitrogen and oxygen atoms in total. The number of sulfone groups is 1. The van der Waals surface area contributed by atoms with Crippen molar-refractivity contribution < 1.29 is 17.9 Å². The molecule has 182 valence electrons. The van der Waals surface area contributed by atoms with Crippen LogP contribution < -0.4 is 9.64 Å². The van der Waals surface area contributed by atoms with Crippen molar-refractivity contribution in [2.75, 3.05) is 44.4 Å². The zero-order valence-corrected chi connectivity index (χ0v) is 21.3. The van der Waals surface area contributed by atoms with Crippen molar-refractivity contribution in [1.29, 1.82) is 0 Å². The lowest BCUT2D eigenvalue weighted by Gasteiger charge is -2.40. The maximum Gasteiger partial charge on any atom is 0.237 e. The van der Waals surface area contributed by atoms with Crippen LogP contribution in [0, 0.1) is 0 Å². The second kappa shape index (κ2) is 8.54. The van der Waals surface area contributed by atoms with Gasteiger partial charge in [-0.1, -0.05) is 23.7 Å². The van der Waals surface area contributed by atoms with Crippen molar-refractivity contribution >= 4 is 33.0 Å². The van der Waals surface area contributed by atoms with Crippen molar-refractivity contribution in [3.8, 4) is 5.75 Å². The van der Waals surface area contributed by atoms with Gasteiger partial charge in [0.15, 0.2) is 9.84 Å². The fraction of sp³-hybridized carbons (Fsp3) is 0.500. The number of likely N-dealkylation sites (tertiary alicyclic amines) is 1. The average Bonchev–Trinajstić information content (AvgIpc) is 2.96. The van der Waals surface area contributed by atoms with Crippen molar-refractivity contribution in [1.82, 2.24) is 4.90 Å². The highest BCUT2D eigenvalue weighted by Crippen LogP contribution is 2.49. The number of fused-ring (bicyclic) bond motifs is 2. The first-order valence-electron chi connectivity index (χ1n) is 11.9. The molecule has 5 rings (SSSR count). The highest BCUT2D eigenvalue weighted by atomic mass is 35.5. The number of carbonyl (C=O) groups excluding carboxylic acids is 1. The zero-order chi connectivity index (χ0) is 24.1. The molecule has 0 bridgehead atoms. The molecule has 1 saturated heterocycles. The molecule has 1 saturated carbocycles. The van der Waals surface area contributed by atoms with E-state index in [0.29, 0.717) is 24.5 Å². The summed E-state index contributed by atoms with van der Waals surface area (Å²) in [4.78, 5) is 17.2. The molecule has 2 fully saturated rings. The van der Waals surface area contributed by atoms with Gasteiger partial charge in [0.05, 0.1) is 10.2 Å². The lowest BCUT2D eigenvalue weighted by Crippen LogP contribution is -2.48. The van der Waals surface area contributed by atoms with Gasteiger partial charge in [-0.3, -0.25) is 9.69 Å². The normalized spacial score (nSPS) is 21.4. The smallest absolute Gasteiger partial charge is 0.237 e. The van der Waals surface area contributed by atoms with E-state index < -0.39 is 20.0 Å². The molecule has 0 N–H and O–H groups in total. The van der Waals surface area contributed by atoms with Gasteiger partial charge in [-0.25, -0.2) is 8.42 Å². The number of rotatable bonds is 6. The molecule has 2 aliphatic heterocycles. The summed E-state index contributed by atoms with van der Waals surface area (Å²) in [6.45, 7) is 2.97. The number of hydrogen-bond donors (Lipinski definition) is 0. The standard InChI is InChI=1S/C26H31ClN2O4S/c1-28-23-9-6-20(27)18-22(23)25(24(28)30)12-14-29(15-13-25)16-17-33-21-7-4-19(5-8-21)26(10-3-11-26)34(2,31)32/h4-9,18H,3,10-17H2,1-2H3. The van der Waals surface area contributed by atoms with Crippen LogP contribution in [0.4, 0.5) is 5.69 Å². The molecule has 1 amide bonds. The summed E-state index contributed by atoms with van der Waals surface area (Å²) < 4.78 is 29.9. The number of amides is 1. The third kappa shape index (κ3) is 3.73. The van der Waals surface area contributed by atoms with Gasteiger partial charge in [0.1, 0.15) is 12.4 Å². The number of halogens is 1. The summed E-state index contributed by atoms with van der Waals surface area (Å²) in [5.74, 6) is 0.912. The number of ether oxygens (including phenoxy) is 1. The van der Waals surface area contributed by atoms with Crippen LogP contribution in [0.25, 0.3) is 0 Å². The minimum absolute atomic E-state index is 0.166. The molecule has 2 aromatic carbocycles. The summed E-state index contributed by atoms with van der Waals surface area (Å²) >= 11 is 6.26. The zero-order valence-electron chi connectivity index (χ0n) is 19.7. The van der Waals surface area contributed by atoms with Crippen LogP contribution in [0.3, 0.4) is 0 Å². The lowest BCUT2D eigenvalue weighted by atomic mass is 9.73. The minimum atomic E-state index is -3.14. The summed E-state index contributed by atoms with van der Waals surface area (Å²) in [5, 5.41) is 0.669. The molecular weight excluding hydrogens is 472 g/mol. The molecule has 0 unspecified atom stereocenters. The molecule has 2 heterocycles. The molecule has 0 aromatic heterocycles. The number of hydrogen-bond acceptors (Lipinski definition) is 5. The van der Waals surface area contributed by atoms with Crippen LogP contribution in [0.1, 0.15) is 43.2 Å². The van der Waals surface area contributed by atoms with E-state index in [4.69, 9.17) is 16.3 Å². The summed E-state index contributed by atoms with van der Waals surface area (Å²) in [6.07, 6.45) is 5.21. The van der Waals surface area contributed by atoms with E-state index in [0.717, 1.165) is 61.5 Å². The highest BCUT2D eigenvalue weighted by Gasteiger charge is 2.51. The number of nitrogens with zero attached hydrogens (tertiary/aromatic N) is 2. The molecule has 0 atom stereocenters. The van der Waals surface area contributed by atoms with E-state index >= 15 is 0 Å². The Labute approximate surface area is 206 Å². The number of likely N-dealkylation sites (N-methyl/N-ethyl adjacent to an activating group) is 1. The van der Waals surface area contributed by atoms with Crippen molar-refractivity contribution in [2.45, 2.75) is 42.3 Å². The number of anilines is 1. The predicted molar refractivity (Wildman–Crippen MR) is 135 cm³/mol. The fourth-order valence-electron chi connectivity index (χ4n) is 5.89. The van der Waals surface area contributed by atoms with Crippen LogP contribution in [0.2, 0.25) is 5.02 Å². The predicted octanol–water partition coefficient (Wildman–Crippen LogP) is 4.15. The Kier molecular flexibility index (Phi) is 5.94. The van der Waals surface area contributed by atoms with Gasteiger partial charge < -0.3 is 9.64 Å². The average molecular weight is 503 g/mol. The van der Waals surface area contributed by atoms with Crippen molar-refractivity contribution in [3.05, 3.63) is 58.6 Å². The topological polar surface area (TPSA) is 66.9 Å². The molecule has 34 heavy (non-hydrogen) atoms. The summed E-state index contributed by atoms with van der Waals surface area (Å²) in [5.41, 5.74) is 2.41. The molecule has 1 spiro atoms. The van der Waals surface area contributed by atoms with E-state index in [1.54, 1.807) is 4.90 Å². The summed E-state index contributed by atoms with van der Waals surface area (Å²) in [7, 11) is -1.30. The Morgan fingerprint density at radius 2 is 1.71 bits per heavy atom. The first-order valence-corrected chi connectivity index (χ1v) is 14.2. The van der Waals surface area contributed by atoms with Crippen molar-refractivity contribution in [3.63, 3.8) is 0 Å². The molecular formula is C26H31ClN2O4S. The van der Waals surface area contributed by atoms with Gasteiger partial charge in [0.2, 0.25) is 5.91 Å². The van der Waals surface area contributed by atoms with Gasteiger partial charge in [-0.15, -0.1) is 0 Å². The number of benzene rings is 2. The lowest BCUT2D eigenvalue weighted by molar-refractivity contribution is -0.124. The Bertz CT molecular complexity index is 1200. The van der Waals surface area contributed by atoms with E-state index in [2.05, 4.69) is 4.90 Å². The van der Waals surface area contributed by atoms with Crippen LogP contribution >= 0.6 is 11.6 Å². The van der Waals surface area contributed by atoms with E-state index in [-0.39, 0.29) is 5.91 Å². The quantitative estimate of drug-likeness (QED) is 0.593. The maximum atomic E-state index is 13.1. The largest absolute Gasteiger partial charge is 0.492 e. The van der Waals surface area contributed by atoms with Gasteiger partial charge in [0.25, 0.3) is 0 Å². The van der Waals surface area contributed by atoms with Crippen LogP contribution in [-0.4, -0.2) is 58.8 Å². The number of carbonyl (C=O) groups is 1. The van der Waals surface area contributed by atoms with E-state index in [1.807, 2.05) is 49.5 Å². The van der Waals surface area contributed by atoms with E-state index in [1.165, 1.54) is 6.26 Å². The van der Waals surface area contributed by atoms with Crippen LogP contribution in [0.5, 0.6) is 5.75 Å². The number of piperidine rings is 1. The maximum absolute atomic E-state index is 13.1. The van der Waals surface area contributed by atoms with Gasteiger partial charge in [-0.05, 0) is 86.7 Å². The van der Waals surface area contributed by atoms with Crippen LogP contribution in [-0.2, 0) is 24.8 Å². The summed E-state index contributed by atoms with van der Waals surface area (Å²) in [6, 6.07) is 13.3. The van der Waals surface area contributed by atoms with E-state index in [9.17, 15) is 13.2 Å². The molecule has 1 aliphatic carbocycles. The molecule has 3 aliphatic rings. The Morgan fingerprint density at radius 1 is 1.03 bits per heavy atom. The molecule has 2 aromatic rings. The Balaban J connectivity index is 1.17. The van der Waals surface area contributed by atoms with Gasteiger partial charge in [0, 0.05) is 30.6 Å². The second-order valence-electron chi connectivity index (χ2n) is 9.94. The third-order valence-electron chi connectivity index (χ3n) is 8.19. The van der Waals surface area contributed by atoms with Crippen LogP contribution in [0.15, 0.2) is 42.5 Å². The molecule has 8 heteroatoms. The monoisotopic (exact) mass is 502 g/mol. The Morgan fingerprint density at radius 3 is 2.29 bits per heavy atom. The van der Waals surface area contributed by atoms with Gasteiger partial charge in [-0.2, -0.15) is 0 Å². The fourth-order valence-corrected chi connectivity index (χ4v) is 7.66. The highest BCUT2D eigenvalue weighted by molar-refractivity contribution is 7.91.